The second kappa shape index (κ2) is 8.74. The highest BCUT2D eigenvalue weighted by Gasteiger charge is 2.33. The van der Waals surface area contributed by atoms with E-state index in [1.165, 1.54) is 36.4 Å². The van der Waals surface area contributed by atoms with Gasteiger partial charge < -0.3 is 10.1 Å². The van der Waals surface area contributed by atoms with Crippen molar-refractivity contribution in [2.45, 2.75) is 0 Å². The summed E-state index contributed by atoms with van der Waals surface area (Å²) in [6.45, 7) is -0.670. The van der Waals surface area contributed by atoms with Crippen LogP contribution >= 0.6 is 34.8 Å². The molecule has 0 saturated heterocycles. The van der Waals surface area contributed by atoms with E-state index in [1.54, 1.807) is 18.2 Å². The van der Waals surface area contributed by atoms with Crippen LogP contribution in [0.1, 0.15) is 42.2 Å². The molecule has 0 heterocycles. The molecular formula is C23H12Cl3NO5. The summed E-state index contributed by atoms with van der Waals surface area (Å²) < 4.78 is 5.08. The second-order valence-electron chi connectivity index (χ2n) is 6.80. The lowest BCUT2D eigenvalue weighted by Crippen LogP contribution is -2.26. The van der Waals surface area contributed by atoms with Crippen molar-refractivity contribution < 1.29 is 23.9 Å². The van der Waals surface area contributed by atoms with Crippen LogP contribution in [0, 0.1) is 0 Å². The van der Waals surface area contributed by atoms with Gasteiger partial charge in [0, 0.05) is 27.3 Å². The van der Waals surface area contributed by atoms with Crippen molar-refractivity contribution in [1.82, 2.24) is 0 Å². The van der Waals surface area contributed by atoms with Gasteiger partial charge in [-0.05, 0) is 18.2 Å². The summed E-state index contributed by atoms with van der Waals surface area (Å²) in [5.41, 5.74) is 0.540. The minimum atomic E-state index is -0.925. The van der Waals surface area contributed by atoms with Crippen LogP contribution in [0.2, 0.25) is 15.1 Å². The number of esters is 1. The fourth-order valence-electron chi connectivity index (χ4n) is 3.36. The average molecular weight is 489 g/mol. The standard InChI is InChI=1S/C23H12Cl3NO5/c24-11-8-16(25)20(17(26)9-11)27-18(28)10-32-23(31)15-7-3-6-14-19(15)22(30)13-5-2-1-4-12(13)21(14)29/h1-9H,10H2,(H,27,28). The maximum atomic E-state index is 13.0. The Labute approximate surface area is 197 Å². The molecule has 0 atom stereocenters. The zero-order valence-electron chi connectivity index (χ0n) is 16.1. The topological polar surface area (TPSA) is 89.5 Å². The molecule has 0 unspecified atom stereocenters. The van der Waals surface area contributed by atoms with Crippen molar-refractivity contribution >= 4 is 63.9 Å². The molecule has 0 radical (unpaired) electrons. The Morgan fingerprint density at radius 1 is 0.812 bits per heavy atom. The van der Waals surface area contributed by atoms with Crippen LogP contribution in [0.4, 0.5) is 5.69 Å². The molecule has 1 N–H and O–H groups in total. The lowest BCUT2D eigenvalue weighted by molar-refractivity contribution is -0.119. The molecule has 0 aromatic heterocycles. The summed E-state index contributed by atoms with van der Waals surface area (Å²) in [7, 11) is 0. The third kappa shape index (κ3) is 4.00. The first-order chi connectivity index (χ1) is 15.3. The van der Waals surface area contributed by atoms with Gasteiger partial charge in [0.15, 0.2) is 18.2 Å². The fourth-order valence-corrected chi connectivity index (χ4v) is 4.27. The third-order valence-electron chi connectivity index (χ3n) is 4.78. The smallest absolute Gasteiger partial charge is 0.339 e. The quantitative estimate of drug-likeness (QED) is 0.398. The van der Waals surface area contributed by atoms with E-state index in [-0.39, 0.29) is 49.3 Å². The van der Waals surface area contributed by atoms with E-state index < -0.39 is 24.3 Å². The summed E-state index contributed by atoms with van der Waals surface area (Å²) in [6, 6.07) is 13.5. The van der Waals surface area contributed by atoms with Crippen LogP contribution in [0.25, 0.3) is 0 Å². The van der Waals surface area contributed by atoms with Gasteiger partial charge in [-0.15, -0.1) is 0 Å². The van der Waals surface area contributed by atoms with Gasteiger partial charge in [0.05, 0.1) is 21.3 Å². The molecule has 0 aliphatic heterocycles. The highest BCUT2D eigenvalue weighted by atomic mass is 35.5. The number of ether oxygens (including phenoxy) is 1. The maximum Gasteiger partial charge on any atom is 0.339 e. The zero-order chi connectivity index (χ0) is 23.0. The van der Waals surface area contributed by atoms with Crippen molar-refractivity contribution in [3.8, 4) is 0 Å². The summed E-state index contributed by atoms with van der Waals surface area (Å²) in [5, 5.41) is 2.96. The first kappa shape index (κ1) is 22.0. The van der Waals surface area contributed by atoms with E-state index in [0.717, 1.165) is 0 Å². The Balaban J connectivity index is 1.54. The summed E-state index contributed by atoms with van der Waals surface area (Å²) >= 11 is 17.9. The SMILES string of the molecule is O=C(COC(=O)c1cccc2c1C(=O)c1ccccc1C2=O)Nc1c(Cl)cc(Cl)cc1Cl. The van der Waals surface area contributed by atoms with Gasteiger partial charge in [-0.3, -0.25) is 14.4 Å². The Bertz CT molecular complexity index is 1300. The number of carbonyl (C=O) groups excluding carboxylic acids is 4. The number of benzene rings is 3. The zero-order valence-corrected chi connectivity index (χ0v) is 18.3. The summed E-state index contributed by atoms with van der Waals surface area (Å²) in [5.74, 6) is -2.46. The van der Waals surface area contributed by atoms with E-state index in [0.29, 0.717) is 5.02 Å². The van der Waals surface area contributed by atoms with Gasteiger partial charge in [-0.25, -0.2) is 4.79 Å². The van der Waals surface area contributed by atoms with Crippen LogP contribution in [-0.2, 0) is 9.53 Å². The molecule has 0 saturated carbocycles. The number of hydrogen-bond donors (Lipinski definition) is 1. The van der Waals surface area contributed by atoms with Crippen molar-refractivity contribution in [3.05, 3.63) is 97.5 Å². The number of nitrogens with one attached hydrogen (secondary N) is 1. The number of ketones is 2. The lowest BCUT2D eigenvalue weighted by atomic mass is 9.82. The van der Waals surface area contributed by atoms with Crippen molar-refractivity contribution in [1.29, 1.82) is 0 Å². The third-order valence-corrected chi connectivity index (χ3v) is 5.59. The lowest BCUT2D eigenvalue weighted by Gasteiger charge is -2.19. The summed E-state index contributed by atoms with van der Waals surface area (Å²) in [6.07, 6.45) is 0. The van der Waals surface area contributed by atoms with Crippen molar-refractivity contribution in [2.75, 3.05) is 11.9 Å². The molecule has 1 aliphatic carbocycles. The van der Waals surface area contributed by atoms with E-state index in [2.05, 4.69) is 5.32 Å². The normalized spacial score (nSPS) is 12.1. The first-order valence-corrected chi connectivity index (χ1v) is 10.3. The number of rotatable bonds is 4. The number of carbonyl (C=O) groups is 4. The largest absolute Gasteiger partial charge is 0.452 e. The van der Waals surface area contributed by atoms with E-state index in [1.807, 2.05) is 0 Å². The van der Waals surface area contributed by atoms with Gasteiger partial charge in [0.2, 0.25) is 0 Å². The molecule has 0 bridgehead atoms. The van der Waals surface area contributed by atoms with Crippen LogP contribution < -0.4 is 5.32 Å². The Hall–Kier alpha value is -3.19. The molecule has 0 spiro atoms. The number of fused-ring (bicyclic) bond motifs is 2. The minimum absolute atomic E-state index is 0.0506. The molecule has 6 nitrogen and oxygen atoms in total. The van der Waals surface area contributed by atoms with Crippen LogP contribution in [0.5, 0.6) is 0 Å². The van der Waals surface area contributed by atoms with E-state index in [4.69, 9.17) is 39.5 Å². The average Bonchev–Trinajstić information content (AvgIpc) is 2.77. The maximum absolute atomic E-state index is 13.0. The molecule has 4 rings (SSSR count). The molecule has 160 valence electrons. The molecule has 32 heavy (non-hydrogen) atoms. The Morgan fingerprint density at radius 3 is 2.06 bits per heavy atom. The summed E-state index contributed by atoms with van der Waals surface area (Å²) in [4.78, 5) is 50.7. The Kier molecular flexibility index (Phi) is 6.02. The predicted molar refractivity (Wildman–Crippen MR) is 120 cm³/mol. The van der Waals surface area contributed by atoms with Crippen LogP contribution in [0.3, 0.4) is 0 Å². The number of halogens is 3. The van der Waals surface area contributed by atoms with Gasteiger partial charge in [-0.1, -0.05) is 71.2 Å². The number of anilines is 1. The van der Waals surface area contributed by atoms with E-state index in [9.17, 15) is 19.2 Å². The Morgan fingerprint density at radius 2 is 1.41 bits per heavy atom. The molecule has 1 amide bonds. The first-order valence-electron chi connectivity index (χ1n) is 9.21. The molecule has 9 heteroatoms. The molecule has 3 aromatic rings. The van der Waals surface area contributed by atoms with Gasteiger partial charge >= 0.3 is 5.97 Å². The van der Waals surface area contributed by atoms with Crippen LogP contribution in [-0.4, -0.2) is 30.0 Å². The molecule has 3 aromatic carbocycles. The number of hydrogen-bond acceptors (Lipinski definition) is 5. The van der Waals surface area contributed by atoms with Crippen molar-refractivity contribution in [2.24, 2.45) is 0 Å². The minimum Gasteiger partial charge on any atom is -0.452 e. The monoisotopic (exact) mass is 487 g/mol. The highest BCUT2D eigenvalue weighted by molar-refractivity contribution is 6.42. The van der Waals surface area contributed by atoms with Gasteiger partial charge in [0.1, 0.15) is 0 Å². The molecule has 0 fully saturated rings. The second-order valence-corrected chi connectivity index (χ2v) is 8.05. The highest BCUT2D eigenvalue weighted by Crippen LogP contribution is 2.34. The predicted octanol–water partition coefficient (Wildman–Crippen LogP) is 5.22. The van der Waals surface area contributed by atoms with Gasteiger partial charge in [-0.2, -0.15) is 0 Å². The van der Waals surface area contributed by atoms with Crippen molar-refractivity contribution in [3.63, 3.8) is 0 Å². The number of amides is 1. The molecular weight excluding hydrogens is 477 g/mol. The van der Waals surface area contributed by atoms with E-state index >= 15 is 0 Å². The fraction of sp³-hybridized carbons (Fsp3) is 0.0435. The molecule has 1 aliphatic rings. The van der Waals surface area contributed by atoms with Gasteiger partial charge in [0.25, 0.3) is 5.91 Å². The van der Waals surface area contributed by atoms with Crippen LogP contribution in [0.15, 0.2) is 54.6 Å².